The maximum atomic E-state index is 6.07. The standard InChI is InChI=1S/C25H16Br2ClN5/c26-14-1-7-22-18(9-14)20(11-29-22)25(21-12-30-23-8-2-15(27)10-19(21)23)24-13-33(32-31-24)17-5-3-16(28)4-6-17/h1-13,25,29-30H. The second-order valence-electron chi connectivity index (χ2n) is 7.87. The Hall–Kier alpha value is -2.87. The minimum absolute atomic E-state index is 0.128. The van der Waals surface area contributed by atoms with Crippen LogP contribution in [0, 0.1) is 0 Å². The summed E-state index contributed by atoms with van der Waals surface area (Å²) in [6.07, 6.45) is 6.13. The topological polar surface area (TPSA) is 62.3 Å². The number of nitrogens with zero attached hydrogens (tertiary/aromatic N) is 3. The number of nitrogens with one attached hydrogen (secondary N) is 2. The van der Waals surface area contributed by atoms with E-state index in [1.807, 2.05) is 42.6 Å². The molecule has 6 aromatic rings. The summed E-state index contributed by atoms with van der Waals surface area (Å²) in [6.45, 7) is 0. The first kappa shape index (κ1) is 20.7. The quantitative estimate of drug-likeness (QED) is 0.225. The van der Waals surface area contributed by atoms with Gasteiger partial charge in [0.25, 0.3) is 0 Å². The Kier molecular flexibility index (Phi) is 5.13. The van der Waals surface area contributed by atoms with Crippen LogP contribution in [-0.2, 0) is 0 Å². The summed E-state index contributed by atoms with van der Waals surface area (Å²) >= 11 is 13.3. The minimum atomic E-state index is -0.128. The van der Waals surface area contributed by atoms with Crippen molar-refractivity contribution in [1.29, 1.82) is 0 Å². The fourth-order valence-electron chi connectivity index (χ4n) is 4.32. The molecule has 0 spiro atoms. The Morgan fingerprint density at radius 2 is 1.36 bits per heavy atom. The predicted octanol–water partition coefficient (Wildman–Crippen LogP) is 7.59. The van der Waals surface area contributed by atoms with Crippen LogP contribution in [0.3, 0.4) is 0 Å². The van der Waals surface area contributed by atoms with E-state index in [1.54, 1.807) is 4.68 Å². The SMILES string of the molecule is Clc1ccc(-n2cc(C(c3c[nH]c4ccc(Br)cc34)c3c[nH]c4ccc(Br)cc34)nn2)cc1. The van der Waals surface area contributed by atoms with Crippen LogP contribution in [0.2, 0.25) is 5.02 Å². The van der Waals surface area contributed by atoms with Gasteiger partial charge in [-0.1, -0.05) is 48.7 Å². The monoisotopic (exact) mass is 579 g/mol. The number of aromatic nitrogens is 5. The molecule has 8 heteroatoms. The minimum Gasteiger partial charge on any atom is -0.361 e. The fraction of sp³-hybridized carbons (Fsp3) is 0.0400. The van der Waals surface area contributed by atoms with Crippen LogP contribution in [0.4, 0.5) is 0 Å². The first-order chi connectivity index (χ1) is 16.1. The van der Waals surface area contributed by atoms with Crippen molar-refractivity contribution in [2.24, 2.45) is 0 Å². The Morgan fingerprint density at radius 1 is 0.788 bits per heavy atom. The molecule has 162 valence electrons. The molecule has 0 atom stereocenters. The molecule has 3 heterocycles. The zero-order valence-corrected chi connectivity index (χ0v) is 21.0. The maximum Gasteiger partial charge on any atom is 0.0952 e. The highest BCUT2D eigenvalue weighted by molar-refractivity contribution is 9.10. The third kappa shape index (κ3) is 3.70. The Morgan fingerprint density at radius 3 is 1.94 bits per heavy atom. The highest BCUT2D eigenvalue weighted by Crippen LogP contribution is 2.40. The third-order valence-electron chi connectivity index (χ3n) is 5.87. The molecule has 0 aliphatic rings. The van der Waals surface area contributed by atoms with Gasteiger partial charge in [-0.05, 0) is 71.8 Å². The first-order valence-electron chi connectivity index (χ1n) is 10.3. The van der Waals surface area contributed by atoms with E-state index < -0.39 is 0 Å². The molecule has 0 fully saturated rings. The van der Waals surface area contributed by atoms with Gasteiger partial charge in [-0.2, -0.15) is 0 Å². The highest BCUT2D eigenvalue weighted by Gasteiger charge is 2.26. The highest BCUT2D eigenvalue weighted by atomic mass is 79.9. The molecule has 0 saturated heterocycles. The lowest BCUT2D eigenvalue weighted by Gasteiger charge is -2.14. The van der Waals surface area contributed by atoms with Crippen LogP contribution >= 0.6 is 43.5 Å². The van der Waals surface area contributed by atoms with Crippen molar-refractivity contribution in [1.82, 2.24) is 25.0 Å². The fourth-order valence-corrected chi connectivity index (χ4v) is 5.17. The zero-order chi connectivity index (χ0) is 22.5. The largest absolute Gasteiger partial charge is 0.361 e. The van der Waals surface area contributed by atoms with Gasteiger partial charge in [0, 0.05) is 48.2 Å². The smallest absolute Gasteiger partial charge is 0.0952 e. The second-order valence-corrected chi connectivity index (χ2v) is 10.1. The van der Waals surface area contributed by atoms with E-state index >= 15 is 0 Å². The van der Waals surface area contributed by atoms with Crippen LogP contribution in [0.15, 0.2) is 88.2 Å². The van der Waals surface area contributed by atoms with Crippen LogP contribution in [-0.4, -0.2) is 25.0 Å². The van der Waals surface area contributed by atoms with Crippen LogP contribution in [0.5, 0.6) is 0 Å². The molecule has 3 aromatic carbocycles. The molecule has 0 saturated carbocycles. The van der Waals surface area contributed by atoms with Gasteiger partial charge in [0.15, 0.2) is 0 Å². The van der Waals surface area contributed by atoms with Gasteiger partial charge in [0.1, 0.15) is 0 Å². The van der Waals surface area contributed by atoms with Crippen molar-refractivity contribution in [3.05, 3.63) is 110 Å². The Bertz CT molecular complexity index is 1530. The zero-order valence-electron chi connectivity index (χ0n) is 17.1. The summed E-state index contributed by atoms with van der Waals surface area (Å²) in [5.74, 6) is -0.128. The molecular weight excluding hydrogens is 566 g/mol. The number of H-pyrrole nitrogens is 2. The molecule has 0 bridgehead atoms. The predicted molar refractivity (Wildman–Crippen MR) is 139 cm³/mol. The van der Waals surface area contributed by atoms with E-state index in [4.69, 9.17) is 11.6 Å². The lowest BCUT2D eigenvalue weighted by atomic mass is 9.88. The number of fused-ring (bicyclic) bond motifs is 2. The van der Waals surface area contributed by atoms with Crippen LogP contribution < -0.4 is 0 Å². The molecule has 0 aliphatic heterocycles. The number of halogens is 3. The number of aromatic amines is 2. The average Bonchev–Trinajstić information content (AvgIpc) is 3.55. The molecule has 33 heavy (non-hydrogen) atoms. The Balaban J connectivity index is 1.57. The third-order valence-corrected chi connectivity index (χ3v) is 7.11. The Labute approximate surface area is 211 Å². The van der Waals surface area contributed by atoms with Crippen LogP contribution in [0.25, 0.3) is 27.5 Å². The lowest BCUT2D eigenvalue weighted by Crippen LogP contribution is -2.03. The van der Waals surface area contributed by atoms with E-state index in [9.17, 15) is 0 Å². The van der Waals surface area contributed by atoms with E-state index in [2.05, 4.69) is 88.8 Å². The molecule has 0 amide bonds. The molecule has 6 rings (SSSR count). The number of benzene rings is 3. The van der Waals surface area contributed by atoms with E-state index in [-0.39, 0.29) is 5.92 Å². The van der Waals surface area contributed by atoms with Crippen molar-refractivity contribution < 1.29 is 0 Å². The van der Waals surface area contributed by atoms with Gasteiger partial charge >= 0.3 is 0 Å². The van der Waals surface area contributed by atoms with E-state index in [0.717, 1.165) is 53.3 Å². The molecule has 3 aromatic heterocycles. The van der Waals surface area contributed by atoms with Crippen molar-refractivity contribution in [3.8, 4) is 5.69 Å². The van der Waals surface area contributed by atoms with Crippen molar-refractivity contribution in [3.63, 3.8) is 0 Å². The second kappa shape index (κ2) is 8.17. The van der Waals surface area contributed by atoms with Crippen molar-refractivity contribution >= 4 is 65.3 Å². The molecule has 0 unspecified atom stereocenters. The van der Waals surface area contributed by atoms with Crippen molar-refractivity contribution in [2.75, 3.05) is 0 Å². The molecule has 0 aliphatic carbocycles. The van der Waals surface area contributed by atoms with Gasteiger partial charge in [0.2, 0.25) is 0 Å². The van der Waals surface area contributed by atoms with Gasteiger partial charge in [-0.25, -0.2) is 4.68 Å². The summed E-state index contributed by atoms with van der Waals surface area (Å²) in [4.78, 5) is 6.84. The summed E-state index contributed by atoms with van der Waals surface area (Å²) in [5, 5.41) is 12.0. The maximum absolute atomic E-state index is 6.07. The normalized spacial score (nSPS) is 11.8. The molecule has 2 N–H and O–H groups in total. The van der Waals surface area contributed by atoms with Gasteiger partial charge < -0.3 is 9.97 Å². The summed E-state index contributed by atoms with van der Waals surface area (Å²) < 4.78 is 3.84. The lowest BCUT2D eigenvalue weighted by molar-refractivity contribution is 0.794. The van der Waals surface area contributed by atoms with E-state index in [0.29, 0.717) is 5.02 Å². The summed E-state index contributed by atoms with van der Waals surface area (Å²) in [6, 6.07) is 20.1. The molecule has 5 nitrogen and oxygen atoms in total. The van der Waals surface area contributed by atoms with Gasteiger partial charge in [0.05, 0.1) is 23.5 Å². The molecule has 0 radical (unpaired) electrons. The summed E-state index contributed by atoms with van der Waals surface area (Å²) in [5.41, 5.74) is 6.17. The van der Waals surface area contributed by atoms with Gasteiger partial charge in [-0.3, -0.25) is 0 Å². The average molecular weight is 582 g/mol. The molecular formula is C25H16Br2ClN5. The van der Waals surface area contributed by atoms with E-state index in [1.165, 1.54) is 0 Å². The van der Waals surface area contributed by atoms with Crippen LogP contribution in [0.1, 0.15) is 22.7 Å². The number of hydrogen-bond donors (Lipinski definition) is 2. The summed E-state index contributed by atoms with van der Waals surface area (Å²) in [7, 11) is 0. The first-order valence-corrected chi connectivity index (χ1v) is 12.2. The van der Waals surface area contributed by atoms with Crippen molar-refractivity contribution in [2.45, 2.75) is 5.92 Å². The number of rotatable bonds is 4. The number of hydrogen-bond acceptors (Lipinski definition) is 2. The van der Waals surface area contributed by atoms with Gasteiger partial charge in [-0.15, -0.1) is 5.10 Å².